The molecular formula is C15H26N4O2. The maximum atomic E-state index is 9.69. The molecule has 21 heavy (non-hydrogen) atoms. The van der Waals surface area contributed by atoms with Crippen molar-refractivity contribution in [1.82, 2.24) is 10.3 Å². The standard InChI is InChI=1S/C15H26N4O2/c1-12(2)10-21-11-14(20)9-19-15(16)18-8-6-13-5-3-4-7-17-13/h3-5,7,12,14,20H,6,8-11H2,1-2H3,(H3,16,18,19). The van der Waals surface area contributed by atoms with E-state index in [0.717, 1.165) is 12.1 Å². The number of aliphatic hydroxyl groups is 1. The van der Waals surface area contributed by atoms with Crippen molar-refractivity contribution in [1.29, 1.82) is 0 Å². The smallest absolute Gasteiger partial charge is 0.188 e. The SMILES string of the molecule is CC(C)COCC(O)CN=C(N)NCCc1ccccn1. The molecule has 6 heteroatoms. The summed E-state index contributed by atoms with van der Waals surface area (Å²) in [5.41, 5.74) is 6.73. The molecule has 0 saturated carbocycles. The number of aromatic nitrogens is 1. The number of pyridine rings is 1. The van der Waals surface area contributed by atoms with Crippen LogP contribution in [0.25, 0.3) is 0 Å². The lowest BCUT2D eigenvalue weighted by Crippen LogP contribution is -2.34. The fraction of sp³-hybridized carbons (Fsp3) is 0.600. The van der Waals surface area contributed by atoms with Crippen LogP contribution in [0, 0.1) is 5.92 Å². The Labute approximate surface area is 126 Å². The molecule has 4 N–H and O–H groups in total. The lowest BCUT2D eigenvalue weighted by Gasteiger charge is -2.11. The number of aliphatic imine (C=N–C) groups is 1. The Morgan fingerprint density at radius 1 is 1.43 bits per heavy atom. The van der Waals surface area contributed by atoms with Gasteiger partial charge in [0, 0.05) is 31.5 Å². The van der Waals surface area contributed by atoms with Crippen LogP contribution in [0.3, 0.4) is 0 Å². The minimum Gasteiger partial charge on any atom is -0.389 e. The van der Waals surface area contributed by atoms with E-state index in [2.05, 4.69) is 29.1 Å². The van der Waals surface area contributed by atoms with Crippen LogP contribution in [0.5, 0.6) is 0 Å². The largest absolute Gasteiger partial charge is 0.389 e. The van der Waals surface area contributed by atoms with Gasteiger partial charge in [0.15, 0.2) is 5.96 Å². The molecule has 1 aromatic heterocycles. The van der Waals surface area contributed by atoms with Crippen molar-refractivity contribution < 1.29 is 9.84 Å². The topological polar surface area (TPSA) is 92.8 Å². The van der Waals surface area contributed by atoms with Gasteiger partial charge in [0.25, 0.3) is 0 Å². The fourth-order valence-corrected chi connectivity index (χ4v) is 1.62. The van der Waals surface area contributed by atoms with Crippen LogP contribution in [0.15, 0.2) is 29.4 Å². The molecule has 1 aromatic rings. The molecule has 6 nitrogen and oxygen atoms in total. The van der Waals surface area contributed by atoms with E-state index in [1.54, 1.807) is 6.20 Å². The van der Waals surface area contributed by atoms with E-state index in [4.69, 9.17) is 10.5 Å². The van der Waals surface area contributed by atoms with Gasteiger partial charge in [-0.3, -0.25) is 9.98 Å². The second-order valence-corrected chi connectivity index (χ2v) is 5.31. The number of ether oxygens (including phenoxy) is 1. The Bertz CT molecular complexity index is 409. The molecule has 0 radical (unpaired) electrons. The molecule has 0 aromatic carbocycles. The zero-order chi connectivity index (χ0) is 15.5. The first-order valence-electron chi connectivity index (χ1n) is 7.27. The summed E-state index contributed by atoms with van der Waals surface area (Å²) in [6, 6.07) is 5.80. The monoisotopic (exact) mass is 294 g/mol. The zero-order valence-electron chi connectivity index (χ0n) is 12.8. The number of hydrogen-bond acceptors (Lipinski definition) is 4. The van der Waals surface area contributed by atoms with Crippen molar-refractivity contribution in [2.24, 2.45) is 16.6 Å². The van der Waals surface area contributed by atoms with Gasteiger partial charge in [0.2, 0.25) is 0 Å². The van der Waals surface area contributed by atoms with Crippen molar-refractivity contribution in [2.45, 2.75) is 26.4 Å². The summed E-state index contributed by atoms with van der Waals surface area (Å²) in [7, 11) is 0. The second kappa shape index (κ2) is 10.1. The maximum Gasteiger partial charge on any atom is 0.188 e. The third-order valence-corrected chi connectivity index (χ3v) is 2.65. The molecule has 0 aliphatic rings. The van der Waals surface area contributed by atoms with E-state index >= 15 is 0 Å². The van der Waals surface area contributed by atoms with Gasteiger partial charge in [0.05, 0.1) is 19.3 Å². The predicted molar refractivity (Wildman–Crippen MR) is 84.1 cm³/mol. The molecule has 1 atom stereocenters. The average Bonchev–Trinajstić information content (AvgIpc) is 2.46. The minimum atomic E-state index is -0.625. The number of rotatable bonds is 9. The van der Waals surface area contributed by atoms with Gasteiger partial charge in [-0.1, -0.05) is 19.9 Å². The van der Waals surface area contributed by atoms with Crippen molar-refractivity contribution in [3.8, 4) is 0 Å². The summed E-state index contributed by atoms with van der Waals surface area (Å²) in [4.78, 5) is 8.31. The van der Waals surface area contributed by atoms with Gasteiger partial charge < -0.3 is 20.9 Å². The molecule has 0 spiro atoms. The van der Waals surface area contributed by atoms with Crippen LogP contribution < -0.4 is 11.1 Å². The van der Waals surface area contributed by atoms with Gasteiger partial charge in [-0.2, -0.15) is 0 Å². The first-order valence-corrected chi connectivity index (χ1v) is 7.27. The van der Waals surface area contributed by atoms with Crippen LogP contribution in [-0.2, 0) is 11.2 Å². The summed E-state index contributed by atoms with van der Waals surface area (Å²) < 4.78 is 5.34. The molecule has 0 fully saturated rings. The molecule has 0 amide bonds. The van der Waals surface area contributed by atoms with Crippen molar-refractivity contribution in [2.75, 3.05) is 26.3 Å². The minimum absolute atomic E-state index is 0.237. The van der Waals surface area contributed by atoms with Gasteiger partial charge >= 0.3 is 0 Å². The van der Waals surface area contributed by atoms with Crippen molar-refractivity contribution in [3.63, 3.8) is 0 Å². The van der Waals surface area contributed by atoms with Gasteiger partial charge in [-0.05, 0) is 18.1 Å². The van der Waals surface area contributed by atoms with Gasteiger partial charge in [-0.25, -0.2) is 0 Å². The van der Waals surface area contributed by atoms with E-state index in [1.165, 1.54) is 0 Å². The second-order valence-electron chi connectivity index (χ2n) is 5.31. The Kier molecular flexibility index (Phi) is 8.38. The van der Waals surface area contributed by atoms with Crippen LogP contribution in [-0.4, -0.2) is 48.5 Å². The fourth-order valence-electron chi connectivity index (χ4n) is 1.62. The molecule has 1 unspecified atom stereocenters. The van der Waals surface area contributed by atoms with E-state index in [9.17, 15) is 5.11 Å². The molecule has 0 aliphatic carbocycles. The molecule has 0 aliphatic heterocycles. The summed E-state index contributed by atoms with van der Waals surface area (Å²) in [5.74, 6) is 0.785. The van der Waals surface area contributed by atoms with Crippen LogP contribution >= 0.6 is 0 Å². The molecule has 1 rings (SSSR count). The van der Waals surface area contributed by atoms with Gasteiger partial charge in [0.1, 0.15) is 0 Å². The number of nitrogens with two attached hydrogens (primary N) is 1. The van der Waals surface area contributed by atoms with E-state index < -0.39 is 6.10 Å². The zero-order valence-corrected chi connectivity index (χ0v) is 12.8. The number of nitrogens with one attached hydrogen (secondary N) is 1. The highest BCUT2D eigenvalue weighted by atomic mass is 16.5. The summed E-state index contributed by atoms with van der Waals surface area (Å²) in [6.07, 6.45) is 1.91. The number of nitrogens with zero attached hydrogens (tertiary/aromatic N) is 2. The number of hydrogen-bond donors (Lipinski definition) is 3. The molecule has 1 heterocycles. The summed E-state index contributed by atoms with van der Waals surface area (Å²) in [6.45, 7) is 5.94. The summed E-state index contributed by atoms with van der Waals surface area (Å²) in [5, 5.41) is 12.7. The molecule has 0 saturated heterocycles. The quantitative estimate of drug-likeness (QED) is 0.457. The third kappa shape index (κ3) is 8.99. The van der Waals surface area contributed by atoms with Crippen LogP contribution in [0.2, 0.25) is 0 Å². The lowest BCUT2D eigenvalue weighted by molar-refractivity contribution is 0.0301. The Morgan fingerprint density at radius 3 is 2.90 bits per heavy atom. The number of aliphatic hydroxyl groups excluding tert-OH is 1. The van der Waals surface area contributed by atoms with Crippen molar-refractivity contribution in [3.05, 3.63) is 30.1 Å². The highest BCUT2D eigenvalue weighted by Gasteiger charge is 2.04. The molecule has 118 valence electrons. The van der Waals surface area contributed by atoms with Crippen LogP contribution in [0.4, 0.5) is 0 Å². The maximum absolute atomic E-state index is 9.69. The average molecular weight is 294 g/mol. The molecular weight excluding hydrogens is 268 g/mol. The first kappa shape index (κ1) is 17.4. The van der Waals surface area contributed by atoms with Crippen molar-refractivity contribution >= 4 is 5.96 Å². The highest BCUT2D eigenvalue weighted by molar-refractivity contribution is 5.77. The van der Waals surface area contributed by atoms with Crippen LogP contribution in [0.1, 0.15) is 19.5 Å². The normalized spacial score (nSPS) is 13.4. The lowest BCUT2D eigenvalue weighted by atomic mass is 10.2. The van der Waals surface area contributed by atoms with E-state index in [0.29, 0.717) is 25.0 Å². The molecule has 0 bridgehead atoms. The highest BCUT2D eigenvalue weighted by Crippen LogP contribution is 1.95. The van der Waals surface area contributed by atoms with E-state index in [-0.39, 0.29) is 13.2 Å². The number of guanidine groups is 1. The first-order chi connectivity index (χ1) is 10.1. The van der Waals surface area contributed by atoms with E-state index in [1.807, 2.05) is 18.2 Å². The van der Waals surface area contributed by atoms with Gasteiger partial charge in [-0.15, -0.1) is 0 Å². The predicted octanol–water partition coefficient (Wildman–Crippen LogP) is 0.562. The summed E-state index contributed by atoms with van der Waals surface area (Å²) >= 11 is 0. The Balaban J connectivity index is 2.14. The third-order valence-electron chi connectivity index (χ3n) is 2.65. The Hall–Kier alpha value is -1.66. The Morgan fingerprint density at radius 2 is 2.24 bits per heavy atom.